The molecule has 3 rings (SSSR count). The maximum atomic E-state index is 14.3. The Morgan fingerprint density at radius 1 is 1.29 bits per heavy atom. The molecule has 1 fully saturated rings. The van der Waals surface area contributed by atoms with E-state index in [1.165, 1.54) is 17.0 Å². The first-order valence-corrected chi connectivity index (χ1v) is 9.24. The molecular weight excluding hydrogens is 328 g/mol. The number of amides is 1. The number of carbonyl (C=O) groups excluding carboxylic acids is 1. The average molecular weight is 349 g/mol. The van der Waals surface area contributed by atoms with Gasteiger partial charge < -0.3 is 4.90 Å². The molecule has 128 valence electrons. The van der Waals surface area contributed by atoms with E-state index in [0.717, 1.165) is 32.1 Å². The molecule has 2 heterocycles. The van der Waals surface area contributed by atoms with Crippen molar-refractivity contribution in [3.63, 3.8) is 0 Å². The lowest BCUT2D eigenvalue weighted by molar-refractivity contribution is 0.0592. The van der Waals surface area contributed by atoms with E-state index in [0.29, 0.717) is 12.1 Å². The zero-order chi connectivity index (χ0) is 17.1. The van der Waals surface area contributed by atoms with Crippen LogP contribution in [0.4, 0.5) is 8.78 Å². The number of aryl methyl sites for hydroxylation is 2. The molecule has 1 aliphatic rings. The molecule has 0 bridgehead atoms. The number of halogens is 2. The molecule has 0 saturated carbocycles. The summed E-state index contributed by atoms with van der Waals surface area (Å²) >= 11 is 1.70. The largest absolute Gasteiger partial charge is 0.335 e. The van der Waals surface area contributed by atoms with Gasteiger partial charge in [0.15, 0.2) is 0 Å². The summed E-state index contributed by atoms with van der Waals surface area (Å²) in [6, 6.07) is 6.69. The van der Waals surface area contributed by atoms with Crippen molar-refractivity contribution < 1.29 is 13.6 Å². The molecule has 1 saturated heterocycles. The van der Waals surface area contributed by atoms with Crippen molar-refractivity contribution >= 4 is 17.2 Å². The first-order chi connectivity index (χ1) is 11.6. The monoisotopic (exact) mass is 349 g/mol. The fourth-order valence-corrected chi connectivity index (χ4v) is 4.05. The van der Waals surface area contributed by atoms with Crippen LogP contribution in [0.15, 0.2) is 29.6 Å². The number of nitrogens with zero attached hydrogens (tertiary/aromatic N) is 1. The summed E-state index contributed by atoms with van der Waals surface area (Å²) in [5.41, 5.74) is -0.107. The Bertz CT molecular complexity index is 714. The van der Waals surface area contributed by atoms with Crippen molar-refractivity contribution in [2.45, 2.75) is 45.1 Å². The van der Waals surface area contributed by atoms with Gasteiger partial charge in [0.1, 0.15) is 17.2 Å². The van der Waals surface area contributed by atoms with Gasteiger partial charge in [-0.3, -0.25) is 4.79 Å². The number of carbonyl (C=O) groups is 1. The summed E-state index contributed by atoms with van der Waals surface area (Å²) in [5.74, 6) is -2.02. The summed E-state index contributed by atoms with van der Waals surface area (Å²) in [7, 11) is 0. The average Bonchev–Trinajstić information content (AvgIpc) is 3.10. The van der Waals surface area contributed by atoms with Gasteiger partial charge in [-0.2, -0.15) is 0 Å². The van der Waals surface area contributed by atoms with Crippen molar-refractivity contribution in [1.82, 2.24) is 4.90 Å². The lowest BCUT2D eigenvalue weighted by Crippen LogP contribution is -2.44. The zero-order valence-electron chi connectivity index (χ0n) is 13.7. The first-order valence-electron chi connectivity index (χ1n) is 8.36. The smallest absolute Gasteiger partial charge is 0.260 e. The van der Waals surface area contributed by atoms with Gasteiger partial charge in [-0.05, 0) is 62.1 Å². The fourth-order valence-electron chi connectivity index (χ4n) is 3.33. The first kappa shape index (κ1) is 17.1. The Labute approximate surface area is 145 Å². The molecule has 2 aromatic rings. The molecule has 0 unspecified atom stereocenters. The van der Waals surface area contributed by atoms with E-state index in [-0.39, 0.29) is 6.04 Å². The van der Waals surface area contributed by atoms with Crippen LogP contribution in [0.25, 0.3) is 0 Å². The Kier molecular flexibility index (Phi) is 5.29. The van der Waals surface area contributed by atoms with Gasteiger partial charge in [-0.1, -0.05) is 12.1 Å². The summed E-state index contributed by atoms with van der Waals surface area (Å²) < 4.78 is 28.4. The summed E-state index contributed by atoms with van der Waals surface area (Å²) in [5, 5.41) is 2.04. The van der Waals surface area contributed by atoms with Crippen LogP contribution in [0.3, 0.4) is 0 Å². The van der Waals surface area contributed by atoms with Crippen molar-refractivity contribution in [3.8, 4) is 0 Å². The summed E-state index contributed by atoms with van der Waals surface area (Å²) in [4.78, 5) is 15.8. The van der Waals surface area contributed by atoms with E-state index in [9.17, 15) is 13.6 Å². The number of piperidine rings is 1. The third-order valence-corrected chi connectivity index (χ3v) is 5.63. The van der Waals surface area contributed by atoms with E-state index in [4.69, 9.17) is 0 Å². The molecule has 1 amide bonds. The summed E-state index contributed by atoms with van der Waals surface area (Å²) in [6.07, 6.45) is 4.56. The van der Waals surface area contributed by atoms with E-state index in [1.54, 1.807) is 23.2 Å². The van der Waals surface area contributed by atoms with Crippen molar-refractivity contribution in [2.24, 2.45) is 0 Å². The van der Waals surface area contributed by atoms with Gasteiger partial charge in [-0.15, -0.1) is 11.3 Å². The SMILES string of the molecule is Cc1ccc(F)c(C(=O)N2CCCC[C@@H]2CCc2cccs2)c1F. The highest BCUT2D eigenvalue weighted by Gasteiger charge is 2.31. The number of hydrogen-bond donors (Lipinski definition) is 0. The fraction of sp³-hybridized carbons (Fsp3) is 0.421. The van der Waals surface area contributed by atoms with Gasteiger partial charge in [0, 0.05) is 17.5 Å². The predicted molar refractivity (Wildman–Crippen MR) is 92.4 cm³/mol. The molecule has 1 aromatic heterocycles. The number of thiophene rings is 1. The Balaban J connectivity index is 1.80. The van der Waals surface area contributed by atoms with E-state index in [1.807, 2.05) is 11.4 Å². The quantitative estimate of drug-likeness (QED) is 0.764. The van der Waals surface area contributed by atoms with Crippen LogP contribution in [-0.2, 0) is 6.42 Å². The van der Waals surface area contributed by atoms with Crippen LogP contribution in [0.2, 0.25) is 0 Å². The predicted octanol–water partition coefficient (Wildman–Crippen LogP) is 4.96. The molecule has 5 heteroatoms. The molecule has 24 heavy (non-hydrogen) atoms. The molecule has 1 atom stereocenters. The van der Waals surface area contributed by atoms with E-state index >= 15 is 0 Å². The maximum absolute atomic E-state index is 14.3. The highest BCUT2D eigenvalue weighted by atomic mass is 32.1. The second kappa shape index (κ2) is 7.43. The second-order valence-corrected chi connectivity index (χ2v) is 7.35. The number of rotatable bonds is 4. The van der Waals surface area contributed by atoms with E-state index in [2.05, 4.69) is 6.07 Å². The van der Waals surface area contributed by atoms with Gasteiger partial charge >= 0.3 is 0 Å². The van der Waals surface area contributed by atoms with Gasteiger partial charge in [-0.25, -0.2) is 8.78 Å². The standard InChI is InChI=1S/C19H21F2NOS/c1-13-7-10-16(20)17(18(13)21)19(23)22-11-3-2-5-14(22)8-9-15-6-4-12-24-15/h4,6-7,10,12,14H,2-3,5,8-9,11H2,1H3/t14-/m1/s1. The topological polar surface area (TPSA) is 20.3 Å². The number of hydrogen-bond acceptors (Lipinski definition) is 2. The highest BCUT2D eigenvalue weighted by molar-refractivity contribution is 7.09. The normalized spacial score (nSPS) is 18.0. The molecule has 0 spiro atoms. The third kappa shape index (κ3) is 3.51. The molecule has 1 aliphatic heterocycles. The van der Waals surface area contributed by atoms with Crippen molar-refractivity contribution in [2.75, 3.05) is 6.54 Å². The highest BCUT2D eigenvalue weighted by Crippen LogP contribution is 2.26. The Morgan fingerprint density at radius 3 is 2.88 bits per heavy atom. The zero-order valence-corrected chi connectivity index (χ0v) is 14.5. The lowest BCUT2D eigenvalue weighted by atomic mass is 9.96. The molecule has 1 aromatic carbocycles. The minimum atomic E-state index is -0.773. The molecule has 0 radical (unpaired) electrons. The summed E-state index contributed by atoms with van der Waals surface area (Å²) in [6.45, 7) is 2.12. The lowest BCUT2D eigenvalue weighted by Gasteiger charge is -2.36. The van der Waals surface area contributed by atoms with Crippen molar-refractivity contribution in [1.29, 1.82) is 0 Å². The van der Waals surface area contributed by atoms with E-state index < -0.39 is 23.1 Å². The number of likely N-dealkylation sites (tertiary alicyclic amines) is 1. The molecule has 0 aliphatic carbocycles. The van der Waals surface area contributed by atoms with Crippen LogP contribution in [0.5, 0.6) is 0 Å². The van der Waals surface area contributed by atoms with Gasteiger partial charge in [0.05, 0.1) is 0 Å². The van der Waals surface area contributed by atoms with Crippen LogP contribution in [0, 0.1) is 18.6 Å². The maximum Gasteiger partial charge on any atom is 0.260 e. The van der Waals surface area contributed by atoms with Crippen LogP contribution in [-0.4, -0.2) is 23.4 Å². The number of benzene rings is 1. The molecular formula is C19H21F2NOS. The van der Waals surface area contributed by atoms with Gasteiger partial charge in [0.2, 0.25) is 0 Å². The minimum Gasteiger partial charge on any atom is -0.335 e. The Hall–Kier alpha value is -1.75. The van der Waals surface area contributed by atoms with Crippen LogP contribution >= 0.6 is 11.3 Å². The second-order valence-electron chi connectivity index (χ2n) is 6.32. The van der Waals surface area contributed by atoms with Crippen molar-refractivity contribution in [3.05, 3.63) is 57.3 Å². The van der Waals surface area contributed by atoms with Crippen LogP contribution < -0.4 is 0 Å². The minimum absolute atomic E-state index is 0.0488. The molecule has 0 N–H and O–H groups in total. The van der Waals surface area contributed by atoms with Crippen LogP contribution in [0.1, 0.15) is 46.5 Å². The third-order valence-electron chi connectivity index (χ3n) is 4.69. The Morgan fingerprint density at radius 2 is 2.12 bits per heavy atom. The molecule has 2 nitrogen and oxygen atoms in total. The van der Waals surface area contributed by atoms with Gasteiger partial charge in [0.25, 0.3) is 5.91 Å².